The zero-order valence-electron chi connectivity index (χ0n) is 17.6. The number of hydrogen-bond donors (Lipinski definition) is 1. The quantitative estimate of drug-likeness (QED) is 0.431. The van der Waals surface area contributed by atoms with E-state index in [0.29, 0.717) is 18.7 Å². The summed E-state index contributed by atoms with van der Waals surface area (Å²) < 4.78 is 0. The van der Waals surface area contributed by atoms with E-state index in [0.717, 1.165) is 39.6 Å². The number of fused-ring (bicyclic) bond motifs is 1. The molecule has 0 aromatic heterocycles. The fourth-order valence-electron chi connectivity index (χ4n) is 3.70. The van der Waals surface area contributed by atoms with Gasteiger partial charge in [0.1, 0.15) is 0 Å². The SMILES string of the molecule is CCCc1ccc(C(=O)O)c(-c2cccc3cccc(SC(=O)N(CC)CC)c23)c1. The highest BCUT2D eigenvalue weighted by atomic mass is 32.2. The standard InChI is InChI=1S/C25H27NO3S/c1-4-9-17-14-15-20(24(27)28)21(16-17)19-12-7-10-18-11-8-13-22(23(18)19)30-25(29)26(5-2)6-3/h7-8,10-16H,4-6,9H2,1-3H3,(H,27,28). The molecule has 0 spiro atoms. The molecular weight excluding hydrogens is 394 g/mol. The molecule has 0 saturated heterocycles. The number of thioether (sulfide) groups is 1. The van der Waals surface area contributed by atoms with Crippen LogP contribution in [0.5, 0.6) is 0 Å². The van der Waals surface area contributed by atoms with Gasteiger partial charge < -0.3 is 10.0 Å². The van der Waals surface area contributed by atoms with Gasteiger partial charge in [-0.05, 0) is 66.2 Å². The first-order chi connectivity index (χ1) is 14.5. The summed E-state index contributed by atoms with van der Waals surface area (Å²) in [7, 11) is 0. The molecule has 0 aliphatic rings. The average Bonchev–Trinajstić information content (AvgIpc) is 2.74. The summed E-state index contributed by atoms with van der Waals surface area (Å²) in [4.78, 5) is 27.4. The van der Waals surface area contributed by atoms with Gasteiger partial charge in [-0.3, -0.25) is 4.79 Å². The lowest BCUT2D eigenvalue weighted by molar-refractivity contribution is 0.0697. The first-order valence-corrected chi connectivity index (χ1v) is 11.2. The molecule has 3 rings (SSSR count). The topological polar surface area (TPSA) is 57.6 Å². The Morgan fingerprint density at radius 2 is 1.63 bits per heavy atom. The summed E-state index contributed by atoms with van der Waals surface area (Å²) >= 11 is 1.21. The van der Waals surface area contributed by atoms with Crippen molar-refractivity contribution in [3.63, 3.8) is 0 Å². The second kappa shape index (κ2) is 9.81. The summed E-state index contributed by atoms with van der Waals surface area (Å²) in [5, 5.41) is 11.7. The summed E-state index contributed by atoms with van der Waals surface area (Å²) in [6.07, 6.45) is 1.88. The second-order valence-corrected chi connectivity index (χ2v) is 8.13. The lowest BCUT2D eigenvalue weighted by atomic mass is 9.92. The second-order valence-electron chi connectivity index (χ2n) is 7.14. The highest BCUT2D eigenvalue weighted by molar-refractivity contribution is 8.13. The average molecular weight is 422 g/mol. The highest BCUT2D eigenvalue weighted by Gasteiger charge is 2.19. The molecule has 0 saturated carbocycles. The third-order valence-corrected chi connectivity index (χ3v) is 6.22. The van der Waals surface area contributed by atoms with Crippen LogP contribution in [-0.2, 0) is 6.42 Å². The van der Waals surface area contributed by atoms with Gasteiger partial charge in [-0.1, -0.05) is 55.8 Å². The van der Waals surface area contributed by atoms with Crippen LogP contribution in [0.1, 0.15) is 43.1 Å². The van der Waals surface area contributed by atoms with Gasteiger partial charge in [0, 0.05) is 23.4 Å². The summed E-state index contributed by atoms with van der Waals surface area (Å²) in [5.74, 6) is -0.950. The van der Waals surface area contributed by atoms with Crippen LogP contribution < -0.4 is 0 Å². The Labute approximate surface area is 181 Å². The summed E-state index contributed by atoms with van der Waals surface area (Å²) in [6.45, 7) is 7.35. The summed E-state index contributed by atoms with van der Waals surface area (Å²) in [6, 6.07) is 17.3. The number of aromatic carboxylic acids is 1. The number of aryl methyl sites for hydroxylation is 1. The van der Waals surface area contributed by atoms with E-state index in [2.05, 4.69) is 6.92 Å². The van der Waals surface area contributed by atoms with Crippen LogP contribution in [0.4, 0.5) is 4.79 Å². The fraction of sp³-hybridized carbons (Fsp3) is 0.280. The molecule has 3 aromatic rings. The molecule has 0 bridgehead atoms. The minimum absolute atomic E-state index is 0.000458. The molecule has 0 radical (unpaired) electrons. The predicted molar refractivity (Wildman–Crippen MR) is 125 cm³/mol. The number of carboxylic acids is 1. The number of carboxylic acid groups (broad SMARTS) is 1. The fourth-order valence-corrected chi connectivity index (χ4v) is 4.75. The number of hydrogen-bond acceptors (Lipinski definition) is 3. The van der Waals surface area contributed by atoms with Crippen molar-refractivity contribution in [2.75, 3.05) is 13.1 Å². The van der Waals surface area contributed by atoms with Crippen molar-refractivity contribution in [1.29, 1.82) is 0 Å². The minimum atomic E-state index is -0.950. The van der Waals surface area contributed by atoms with Gasteiger partial charge in [0.2, 0.25) is 0 Å². The first-order valence-electron chi connectivity index (χ1n) is 10.3. The maximum absolute atomic E-state index is 12.8. The molecule has 30 heavy (non-hydrogen) atoms. The van der Waals surface area contributed by atoms with Gasteiger partial charge in [-0.15, -0.1) is 0 Å². The van der Waals surface area contributed by atoms with Crippen molar-refractivity contribution in [2.24, 2.45) is 0 Å². The monoisotopic (exact) mass is 421 g/mol. The Kier molecular flexibility index (Phi) is 7.16. The van der Waals surface area contributed by atoms with E-state index in [1.54, 1.807) is 11.0 Å². The Morgan fingerprint density at radius 1 is 0.933 bits per heavy atom. The maximum Gasteiger partial charge on any atom is 0.336 e. The lowest BCUT2D eigenvalue weighted by Gasteiger charge is -2.19. The van der Waals surface area contributed by atoms with E-state index in [-0.39, 0.29) is 10.8 Å². The Bertz CT molecular complexity index is 1070. The van der Waals surface area contributed by atoms with Crippen LogP contribution in [0.15, 0.2) is 59.5 Å². The van der Waals surface area contributed by atoms with Gasteiger partial charge in [0.25, 0.3) is 5.24 Å². The number of carbonyl (C=O) groups is 2. The number of benzene rings is 3. The summed E-state index contributed by atoms with van der Waals surface area (Å²) in [5.41, 5.74) is 2.93. The number of rotatable bonds is 7. The van der Waals surface area contributed by atoms with E-state index in [4.69, 9.17) is 0 Å². The number of amides is 1. The molecule has 0 atom stereocenters. The van der Waals surface area contributed by atoms with Crippen LogP contribution in [0, 0.1) is 0 Å². The van der Waals surface area contributed by atoms with E-state index in [1.165, 1.54) is 11.8 Å². The van der Waals surface area contributed by atoms with Crippen LogP contribution >= 0.6 is 11.8 Å². The molecular formula is C25H27NO3S. The van der Waals surface area contributed by atoms with Crippen LogP contribution in [-0.4, -0.2) is 34.3 Å². The van der Waals surface area contributed by atoms with Gasteiger partial charge in [-0.25, -0.2) is 4.79 Å². The smallest absolute Gasteiger partial charge is 0.336 e. The molecule has 156 valence electrons. The molecule has 0 aliphatic heterocycles. The molecule has 5 heteroatoms. The lowest BCUT2D eigenvalue weighted by Crippen LogP contribution is -2.26. The van der Waals surface area contributed by atoms with Crippen LogP contribution in [0.25, 0.3) is 21.9 Å². The van der Waals surface area contributed by atoms with Crippen molar-refractivity contribution >= 4 is 33.7 Å². The van der Waals surface area contributed by atoms with Crippen LogP contribution in [0.3, 0.4) is 0 Å². The van der Waals surface area contributed by atoms with E-state index < -0.39 is 5.97 Å². The van der Waals surface area contributed by atoms with E-state index >= 15 is 0 Å². The minimum Gasteiger partial charge on any atom is -0.478 e. The number of nitrogens with zero attached hydrogens (tertiary/aromatic N) is 1. The van der Waals surface area contributed by atoms with Gasteiger partial charge >= 0.3 is 5.97 Å². The first kappa shape index (κ1) is 21.9. The predicted octanol–water partition coefficient (Wildman–Crippen LogP) is 6.71. The zero-order valence-corrected chi connectivity index (χ0v) is 18.5. The van der Waals surface area contributed by atoms with Crippen molar-refractivity contribution in [2.45, 2.75) is 38.5 Å². The Balaban J connectivity index is 2.22. The van der Waals surface area contributed by atoms with Crippen molar-refractivity contribution in [3.8, 4) is 11.1 Å². The molecule has 1 N–H and O–H groups in total. The van der Waals surface area contributed by atoms with Crippen molar-refractivity contribution in [1.82, 2.24) is 4.90 Å². The van der Waals surface area contributed by atoms with Gasteiger partial charge in [0.15, 0.2) is 0 Å². The molecule has 0 unspecified atom stereocenters. The highest BCUT2D eigenvalue weighted by Crippen LogP contribution is 2.38. The number of carbonyl (C=O) groups excluding carboxylic acids is 1. The van der Waals surface area contributed by atoms with Gasteiger partial charge in [0.05, 0.1) is 5.56 Å². The molecule has 3 aromatic carbocycles. The Morgan fingerprint density at radius 3 is 2.27 bits per heavy atom. The molecule has 0 heterocycles. The molecule has 0 aliphatic carbocycles. The Hall–Kier alpha value is -2.79. The van der Waals surface area contributed by atoms with Gasteiger partial charge in [-0.2, -0.15) is 0 Å². The molecule has 4 nitrogen and oxygen atoms in total. The zero-order chi connectivity index (χ0) is 21.7. The molecule has 1 amide bonds. The van der Waals surface area contributed by atoms with Crippen LogP contribution in [0.2, 0.25) is 0 Å². The normalized spacial score (nSPS) is 10.9. The van der Waals surface area contributed by atoms with E-state index in [9.17, 15) is 14.7 Å². The van der Waals surface area contributed by atoms with Crippen molar-refractivity contribution in [3.05, 3.63) is 65.7 Å². The molecule has 0 fully saturated rings. The van der Waals surface area contributed by atoms with Crippen molar-refractivity contribution < 1.29 is 14.7 Å². The largest absolute Gasteiger partial charge is 0.478 e. The third-order valence-electron chi connectivity index (χ3n) is 5.23. The maximum atomic E-state index is 12.8. The van der Waals surface area contributed by atoms with E-state index in [1.807, 2.05) is 62.4 Å². The third kappa shape index (κ3) is 4.51.